The maximum absolute atomic E-state index is 13.3. The van der Waals surface area contributed by atoms with Crippen molar-refractivity contribution < 1.29 is 19.0 Å². The first-order chi connectivity index (χ1) is 12.6. The third-order valence-electron chi connectivity index (χ3n) is 4.68. The molecule has 2 N–H and O–H groups in total. The lowest BCUT2D eigenvalue weighted by Gasteiger charge is -2.39. The van der Waals surface area contributed by atoms with E-state index in [-0.39, 0.29) is 23.4 Å². The first-order valence-electron chi connectivity index (χ1n) is 8.56. The van der Waals surface area contributed by atoms with Gasteiger partial charge in [0, 0.05) is 26.2 Å². The van der Waals surface area contributed by atoms with Crippen LogP contribution in [0.3, 0.4) is 0 Å². The topological polar surface area (TPSA) is 46.9 Å². The van der Waals surface area contributed by atoms with Gasteiger partial charge in [-0.3, -0.25) is 9.80 Å². The van der Waals surface area contributed by atoms with Gasteiger partial charge >= 0.3 is 0 Å². The van der Waals surface area contributed by atoms with Crippen LogP contribution < -0.4 is 0 Å². The van der Waals surface area contributed by atoms with E-state index < -0.39 is 0 Å². The van der Waals surface area contributed by atoms with Gasteiger partial charge in [-0.05, 0) is 35.4 Å². The predicted octanol–water partition coefficient (Wildman–Crippen LogP) is 3.63. The highest BCUT2D eigenvalue weighted by Crippen LogP contribution is 2.30. The largest absolute Gasteiger partial charge is 0.512 e. The molecule has 0 aromatic heterocycles. The Morgan fingerprint density at radius 1 is 0.885 bits per heavy atom. The molecule has 0 amide bonds. The molecule has 0 unspecified atom stereocenters. The quantitative estimate of drug-likeness (QED) is 0.800. The van der Waals surface area contributed by atoms with Crippen LogP contribution in [0, 0.1) is 11.6 Å². The number of rotatable bonds is 5. The minimum Gasteiger partial charge on any atom is -0.512 e. The molecule has 0 saturated carbocycles. The number of piperazine rings is 1. The molecule has 0 bridgehead atoms. The van der Waals surface area contributed by atoms with Gasteiger partial charge in [-0.1, -0.05) is 24.3 Å². The highest BCUT2D eigenvalue weighted by Gasteiger charge is 2.26. The van der Waals surface area contributed by atoms with Crippen molar-refractivity contribution in [2.24, 2.45) is 0 Å². The standard InChI is InChI=1S/C20H22F2N2O2/c21-17-5-1-15(2-6-17)20(16-3-7-18(22)8-4-16)24-11-9-23(10-12-24)13-19(26)14-25/h1-8,14,20,25-26H,9-13H2. The molecule has 0 spiro atoms. The first kappa shape index (κ1) is 18.4. The van der Waals surface area contributed by atoms with Crippen molar-refractivity contribution in [3.63, 3.8) is 0 Å². The van der Waals surface area contributed by atoms with Gasteiger partial charge in [0.05, 0.1) is 12.6 Å². The molecule has 1 aliphatic rings. The minimum atomic E-state index is -0.289. The van der Waals surface area contributed by atoms with Gasteiger partial charge in [-0.2, -0.15) is 0 Å². The maximum Gasteiger partial charge on any atom is 0.140 e. The fourth-order valence-corrected chi connectivity index (χ4v) is 3.35. The highest BCUT2D eigenvalue weighted by atomic mass is 19.1. The molecule has 6 heteroatoms. The first-order valence-corrected chi connectivity index (χ1v) is 8.56. The second-order valence-electron chi connectivity index (χ2n) is 6.44. The average molecular weight is 360 g/mol. The summed E-state index contributed by atoms with van der Waals surface area (Å²) < 4.78 is 26.7. The Hall–Kier alpha value is -2.44. The summed E-state index contributed by atoms with van der Waals surface area (Å²) in [5.41, 5.74) is 1.90. The lowest BCUT2D eigenvalue weighted by molar-refractivity contribution is 0.106. The average Bonchev–Trinajstić information content (AvgIpc) is 2.66. The summed E-state index contributed by atoms with van der Waals surface area (Å²) in [5, 5.41) is 18.3. The predicted molar refractivity (Wildman–Crippen MR) is 96.0 cm³/mol. The molecule has 2 aromatic rings. The van der Waals surface area contributed by atoms with Crippen molar-refractivity contribution in [1.29, 1.82) is 0 Å². The Balaban J connectivity index is 1.80. The fraction of sp³-hybridized carbons (Fsp3) is 0.300. The van der Waals surface area contributed by atoms with Gasteiger partial charge < -0.3 is 10.2 Å². The summed E-state index contributed by atoms with van der Waals surface area (Å²) >= 11 is 0. The van der Waals surface area contributed by atoms with Gasteiger partial charge in [0.15, 0.2) is 0 Å². The van der Waals surface area contributed by atoms with E-state index >= 15 is 0 Å². The van der Waals surface area contributed by atoms with Crippen molar-refractivity contribution in [2.75, 3.05) is 32.7 Å². The molecule has 1 aliphatic heterocycles. The van der Waals surface area contributed by atoms with Crippen molar-refractivity contribution in [3.05, 3.63) is 83.3 Å². The molecule has 1 fully saturated rings. The van der Waals surface area contributed by atoms with Crippen molar-refractivity contribution in [2.45, 2.75) is 6.04 Å². The fourth-order valence-electron chi connectivity index (χ4n) is 3.35. The number of aliphatic hydroxyl groups excluding tert-OH is 2. The summed E-state index contributed by atoms with van der Waals surface area (Å²) in [6, 6.07) is 12.7. The Labute approximate surface area is 151 Å². The van der Waals surface area contributed by atoms with E-state index in [0.29, 0.717) is 12.8 Å². The van der Waals surface area contributed by atoms with E-state index in [2.05, 4.69) is 4.90 Å². The molecule has 2 aromatic carbocycles. The number of hydrogen-bond acceptors (Lipinski definition) is 4. The summed E-state index contributed by atoms with van der Waals surface area (Å²) in [5.74, 6) is -0.641. The number of hydrogen-bond donors (Lipinski definition) is 2. The van der Waals surface area contributed by atoms with Crippen molar-refractivity contribution >= 4 is 0 Å². The third kappa shape index (κ3) is 4.39. The molecule has 4 nitrogen and oxygen atoms in total. The van der Waals surface area contributed by atoms with Gasteiger partial charge in [-0.25, -0.2) is 8.78 Å². The third-order valence-corrected chi connectivity index (χ3v) is 4.68. The van der Waals surface area contributed by atoms with Gasteiger partial charge in [0.2, 0.25) is 0 Å². The molecule has 0 radical (unpaired) electrons. The van der Waals surface area contributed by atoms with Crippen molar-refractivity contribution in [3.8, 4) is 0 Å². The van der Waals surface area contributed by atoms with E-state index in [0.717, 1.165) is 37.3 Å². The summed E-state index contributed by atoms with van der Waals surface area (Å²) in [4.78, 5) is 4.31. The van der Waals surface area contributed by atoms with Crippen LogP contribution in [0.2, 0.25) is 0 Å². The Bertz CT molecular complexity index is 694. The van der Waals surface area contributed by atoms with E-state index in [1.54, 1.807) is 24.3 Å². The second-order valence-corrected chi connectivity index (χ2v) is 6.44. The Morgan fingerprint density at radius 2 is 1.35 bits per heavy atom. The molecule has 0 atom stereocenters. The lowest BCUT2D eigenvalue weighted by atomic mass is 9.96. The van der Waals surface area contributed by atoms with Crippen LogP contribution in [-0.2, 0) is 0 Å². The van der Waals surface area contributed by atoms with E-state index in [1.807, 2.05) is 4.90 Å². The second kappa shape index (κ2) is 8.29. The molecule has 1 saturated heterocycles. The van der Waals surface area contributed by atoms with Crippen LogP contribution in [0.15, 0.2) is 60.6 Å². The van der Waals surface area contributed by atoms with Crippen LogP contribution in [0.4, 0.5) is 8.78 Å². The van der Waals surface area contributed by atoms with Crippen LogP contribution >= 0.6 is 0 Å². The van der Waals surface area contributed by atoms with Crippen LogP contribution in [-0.4, -0.2) is 52.7 Å². The smallest absolute Gasteiger partial charge is 0.140 e. The zero-order valence-corrected chi connectivity index (χ0v) is 14.4. The molecule has 138 valence electrons. The van der Waals surface area contributed by atoms with Crippen LogP contribution in [0.1, 0.15) is 17.2 Å². The lowest BCUT2D eigenvalue weighted by Crippen LogP contribution is -2.48. The molecule has 26 heavy (non-hydrogen) atoms. The summed E-state index contributed by atoms with van der Waals surface area (Å²) in [6.45, 7) is 3.21. The Kier molecular flexibility index (Phi) is 5.85. The van der Waals surface area contributed by atoms with E-state index in [9.17, 15) is 13.9 Å². The van der Waals surface area contributed by atoms with Crippen LogP contribution in [0.25, 0.3) is 0 Å². The monoisotopic (exact) mass is 360 g/mol. The number of benzene rings is 2. The SMILES string of the molecule is OC=C(O)CN1CCN(C(c2ccc(F)cc2)c2ccc(F)cc2)CC1. The van der Waals surface area contributed by atoms with Crippen molar-refractivity contribution in [1.82, 2.24) is 9.80 Å². The minimum absolute atomic E-state index is 0.0629. The number of nitrogens with zero attached hydrogens (tertiary/aromatic N) is 2. The van der Waals surface area contributed by atoms with Gasteiger partial charge in [-0.15, -0.1) is 0 Å². The molecule has 3 rings (SSSR count). The summed E-state index contributed by atoms with van der Waals surface area (Å²) in [7, 11) is 0. The zero-order chi connectivity index (χ0) is 18.5. The van der Waals surface area contributed by atoms with E-state index in [1.165, 1.54) is 24.3 Å². The van der Waals surface area contributed by atoms with Crippen LogP contribution in [0.5, 0.6) is 0 Å². The Morgan fingerprint density at radius 3 is 1.77 bits per heavy atom. The molecule has 0 aliphatic carbocycles. The highest BCUT2D eigenvalue weighted by molar-refractivity contribution is 5.32. The molecular weight excluding hydrogens is 338 g/mol. The maximum atomic E-state index is 13.3. The zero-order valence-electron chi connectivity index (χ0n) is 14.4. The number of aliphatic hydroxyl groups is 2. The molecular formula is C20H22F2N2O2. The van der Waals surface area contributed by atoms with Gasteiger partial charge in [0.1, 0.15) is 23.7 Å². The van der Waals surface area contributed by atoms with Gasteiger partial charge in [0.25, 0.3) is 0 Å². The van der Waals surface area contributed by atoms with E-state index in [4.69, 9.17) is 5.11 Å². The summed E-state index contributed by atoms with van der Waals surface area (Å²) in [6.07, 6.45) is 0.714. The number of halogens is 2. The molecule has 1 heterocycles. The normalized spacial score (nSPS) is 17.0.